The summed E-state index contributed by atoms with van der Waals surface area (Å²) in [6.45, 7) is 3.12. The molecule has 2 aromatic rings. The molecule has 7 heteroatoms. The van der Waals surface area contributed by atoms with Crippen LogP contribution < -0.4 is 5.32 Å². The molecule has 2 amide bonds. The Morgan fingerprint density at radius 2 is 1.63 bits per heavy atom. The van der Waals surface area contributed by atoms with Gasteiger partial charge in [0.25, 0.3) is 0 Å². The number of nitrogens with one attached hydrogen (secondary N) is 1. The van der Waals surface area contributed by atoms with Crippen LogP contribution in [0.15, 0.2) is 48.5 Å². The first-order valence-corrected chi connectivity index (χ1v) is 12.5. The van der Waals surface area contributed by atoms with Crippen LogP contribution in [-0.4, -0.2) is 54.2 Å². The average Bonchev–Trinajstić information content (AvgIpc) is 3.43. The van der Waals surface area contributed by atoms with Crippen molar-refractivity contribution in [2.75, 3.05) is 26.2 Å². The van der Waals surface area contributed by atoms with E-state index >= 15 is 0 Å². The first-order chi connectivity index (χ1) is 16.9. The third-order valence-corrected chi connectivity index (χ3v) is 8.05. The van der Waals surface area contributed by atoms with Crippen molar-refractivity contribution in [3.63, 3.8) is 0 Å². The lowest BCUT2D eigenvalue weighted by molar-refractivity contribution is -0.149. The number of rotatable bonds is 8. The van der Waals surface area contributed by atoms with Crippen LogP contribution in [0.5, 0.6) is 0 Å². The minimum Gasteiger partial charge on any atom is -0.481 e. The second kappa shape index (κ2) is 9.02. The predicted octanol–water partition coefficient (Wildman–Crippen LogP) is 4.41. The van der Waals surface area contributed by atoms with Crippen LogP contribution in [0.1, 0.15) is 56.1 Å². The molecule has 7 nitrogen and oxygen atoms in total. The number of carbonyl (C=O) groups is 3. The molecule has 0 bridgehead atoms. The molecule has 0 aromatic heterocycles. The second-order valence-electron chi connectivity index (χ2n) is 10.3. The van der Waals surface area contributed by atoms with E-state index in [9.17, 15) is 19.5 Å². The highest BCUT2D eigenvalue weighted by Gasteiger charge is 2.55. The molecule has 1 heterocycles. The molecule has 3 aliphatic rings. The number of fused-ring (bicyclic) bond motifs is 3. The molecule has 1 atom stereocenters. The molecule has 1 aliphatic heterocycles. The van der Waals surface area contributed by atoms with Gasteiger partial charge < -0.3 is 20.1 Å². The number of carboxylic acid groups (broad SMARTS) is 1. The van der Waals surface area contributed by atoms with Crippen molar-refractivity contribution < 1.29 is 24.2 Å². The first-order valence-electron chi connectivity index (χ1n) is 12.5. The van der Waals surface area contributed by atoms with Gasteiger partial charge in [-0.1, -0.05) is 61.9 Å². The number of ether oxygens (including phenoxy) is 1. The summed E-state index contributed by atoms with van der Waals surface area (Å²) in [4.78, 5) is 39.4. The van der Waals surface area contributed by atoms with Crippen LogP contribution in [0, 0.1) is 10.8 Å². The minimum absolute atomic E-state index is 0.0167. The molecule has 2 N–H and O–H groups in total. The molecule has 2 fully saturated rings. The number of carboxylic acids is 1. The Balaban J connectivity index is 1.17. The Kier molecular flexibility index (Phi) is 6.03. The van der Waals surface area contributed by atoms with Gasteiger partial charge in [-0.25, -0.2) is 4.79 Å². The third-order valence-electron chi connectivity index (χ3n) is 8.05. The molecule has 2 aromatic carbocycles. The monoisotopic (exact) mass is 476 g/mol. The zero-order valence-corrected chi connectivity index (χ0v) is 20.1. The number of alkyl carbamates (subject to hydrolysis) is 1. The molecule has 1 saturated heterocycles. The Hall–Kier alpha value is -3.35. The standard InChI is InChI=1S/C28H32N2O5/c1-2-11-28(25(32)33)14-15-30(18-28)24(31)27(12-13-27)17-29-26(34)35-16-23-21-9-5-3-7-19(21)20-8-4-6-10-22(20)23/h3-10,23H,2,11-18H2,1H3,(H,29,34)(H,32,33). The quantitative estimate of drug-likeness (QED) is 0.588. The fourth-order valence-electron chi connectivity index (χ4n) is 5.85. The maximum absolute atomic E-state index is 13.2. The largest absolute Gasteiger partial charge is 0.481 e. The zero-order chi connectivity index (χ0) is 24.6. The minimum atomic E-state index is -0.847. The highest BCUT2D eigenvalue weighted by Crippen LogP contribution is 2.49. The highest BCUT2D eigenvalue weighted by atomic mass is 16.5. The Labute approximate surface area is 205 Å². The van der Waals surface area contributed by atoms with Crippen LogP contribution in [0.4, 0.5) is 4.79 Å². The summed E-state index contributed by atoms with van der Waals surface area (Å²) in [5.41, 5.74) is 3.17. The Bertz CT molecular complexity index is 1110. The van der Waals surface area contributed by atoms with Gasteiger partial charge in [0.1, 0.15) is 6.61 Å². The van der Waals surface area contributed by atoms with Crippen LogP contribution in [0.3, 0.4) is 0 Å². The van der Waals surface area contributed by atoms with Crippen molar-refractivity contribution >= 4 is 18.0 Å². The molecule has 184 valence electrons. The molecule has 0 radical (unpaired) electrons. The lowest BCUT2D eigenvalue weighted by Crippen LogP contribution is -2.44. The van der Waals surface area contributed by atoms with E-state index in [0.717, 1.165) is 17.5 Å². The van der Waals surface area contributed by atoms with E-state index in [1.54, 1.807) is 4.90 Å². The summed E-state index contributed by atoms with van der Waals surface area (Å²) in [6.07, 6.45) is 2.68. The number of aliphatic carboxylic acids is 1. The average molecular weight is 477 g/mol. The molecule has 0 spiro atoms. The van der Waals surface area contributed by atoms with Gasteiger partial charge in [-0.3, -0.25) is 9.59 Å². The summed E-state index contributed by atoms with van der Waals surface area (Å²) in [5, 5.41) is 12.6. The van der Waals surface area contributed by atoms with Crippen LogP contribution in [0.25, 0.3) is 11.1 Å². The molecule has 5 rings (SSSR count). The van der Waals surface area contributed by atoms with Crippen molar-refractivity contribution in [1.29, 1.82) is 0 Å². The molecule has 2 aliphatic carbocycles. The molecular weight excluding hydrogens is 444 g/mol. The molecular formula is C28H32N2O5. The predicted molar refractivity (Wildman–Crippen MR) is 131 cm³/mol. The van der Waals surface area contributed by atoms with E-state index in [1.165, 1.54) is 11.1 Å². The SMILES string of the molecule is CCCC1(C(=O)O)CCN(C(=O)C2(CNC(=O)OCC3c4ccccc4-c4ccccc43)CC2)C1. The summed E-state index contributed by atoms with van der Waals surface area (Å²) in [6, 6.07) is 16.4. The van der Waals surface area contributed by atoms with Gasteiger partial charge in [0.15, 0.2) is 0 Å². The zero-order valence-electron chi connectivity index (χ0n) is 20.1. The summed E-state index contributed by atoms with van der Waals surface area (Å²) in [5.74, 6) is -0.885. The van der Waals surface area contributed by atoms with Crippen molar-refractivity contribution in [3.05, 3.63) is 59.7 Å². The highest BCUT2D eigenvalue weighted by molar-refractivity contribution is 5.88. The fraction of sp³-hybridized carbons (Fsp3) is 0.464. The van der Waals surface area contributed by atoms with Gasteiger partial charge in [-0.05, 0) is 47.9 Å². The topological polar surface area (TPSA) is 95.9 Å². The van der Waals surface area contributed by atoms with Crippen molar-refractivity contribution in [2.24, 2.45) is 10.8 Å². The lowest BCUT2D eigenvalue weighted by atomic mass is 9.83. The van der Waals surface area contributed by atoms with Gasteiger partial charge in [0.2, 0.25) is 5.91 Å². The van der Waals surface area contributed by atoms with Gasteiger partial charge in [-0.15, -0.1) is 0 Å². The van der Waals surface area contributed by atoms with E-state index in [2.05, 4.69) is 29.6 Å². The first kappa shape index (κ1) is 23.4. The van der Waals surface area contributed by atoms with Gasteiger partial charge in [-0.2, -0.15) is 0 Å². The fourth-order valence-corrected chi connectivity index (χ4v) is 5.85. The number of amides is 2. The number of likely N-dealkylation sites (tertiary alicyclic amines) is 1. The third kappa shape index (κ3) is 4.17. The lowest BCUT2D eigenvalue weighted by Gasteiger charge is -2.27. The Morgan fingerprint density at radius 1 is 1.00 bits per heavy atom. The van der Waals surface area contributed by atoms with Gasteiger partial charge in [0, 0.05) is 25.6 Å². The van der Waals surface area contributed by atoms with Crippen molar-refractivity contribution in [2.45, 2.75) is 44.9 Å². The summed E-state index contributed by atoms with van der Waals surface area (Å²) >= 11 is 0. The summed E-state index contributed by atoms with van der Waals surface area (Å²) in [7, 11) is 0. The van der Waals surface area contributed by atoms with Crippen LogP contribution in [-0.2, 0) is 14.3 Å². The number of carbonyl (C=O) groups excluding carboxylic acids is 2. The molecule has 1 unspecified atom stereocenters. The van der Waals surface area contributed by atoms with E-state index in [1.807, 2.05) is 31.2 Å². The van der Waals surface area contributed by atoms with Crippen molar-refractivity contribution in [3.8, 4) is 11.1 Å². The van der Waals surface area contributed by atoms with Crippen LogP contribution in [0.2, 0.25) is 0 Å². The van der Waals surface area contributed by atoms with E-state index in [-0.39, 0.29) is 31.5 Å². The number of benzene rings is 2. The number of nitrogens with zero attached hydrogens (tertiary/aromatic N) is 1. The summed E-state index contributed by atoms with van der Waals surface area (Å²) < 4.78 is 5.61. The van der Waals surface area contributed by atoms with E-state index in [4.69, 9.17) is 4.74 Å². The Morgan fingerprint density at radius 3 is 2.20 bits per heavy atom. The maximum Gasteiger partial charge on any atom is 0.407 e. The van der Waals surface area contributed by atoms with E-state index in [0.29, 0.717) is 32.2 Å². The number of hydrogen-bond acceptors (Lipinski definition) is 4. The number of hydrogen-bond donors (Lipinski definition) is 2. The van der Waals surface area contributed by atoms with Crippen LogP contribution >= 0.6 is 0 Å². The molecule has 1 saturated carbocycles. The molecule has 35 heavy (non-hydrogen) atoms. The second-order valence-corrected chi connectivity index (χ2v) is 10.3. The van der Waals surface area contributed by atoms with E-state index < -0.39 is 22.9 Å². The van der Waals surface area contributed by atoms with Gasteiger partial charge in [0.05, 0.1) is 10.8 Å². The van der Waals surface area contributed by atoms with Crippen molar-refractivity contribution in [1.82, 2.24) is 10.2 Å². The maximum atomic E-state index is 13.2. The smallest absolute Gasteiger partial charge is 0.407 e. The van der Waals surface area contributed by atoms with Gasteiger partial charge >= 0.3 is 12.1 Å². The normalized spacial score (nSPS) is 21.8.